The van der Waals surface area contributed by atoms with Gasteiger partial charge in [-0.25, -0.2) is 14.6 Å². The van der Waals surface area contributed by atoms with E-state index in [0.29, 0.717) is 22.0 Å². The molecule has 56 heavy (non-hydrogen) atoms. The number of benzene rings is 3. The van der Waals surface area contributed by atoms with Gasteiger partial charge in [0.2, 0.25) is 18.4 Å². The van der Waals surface area contributed by atoms with Gasteiger partial charge in [0.1, 0.15) is 54.4 Å². The summed E-state index contributed by atoms with van der Waals surface area (Å²) in [5.74, 6) is -2.59. The molecule has 0 bridgehead atoms. The Morgan fingerprint density at radius 1 is 1.07 bits per heavy atom. The summed E-state index contributed by atoms with van der Waals surface area (Å²) in [7, 11) is 1.25. The van der Waals surface area contributed by atoms with Crippen LogP contribution in [0, 0.1) is 13.8 Å². The van der Waals surface area contributed by atoms with Crippen molar-refractivity contribution in [1.82, 2.24) is 5.32 Å². The topological polar surface area (TPSA) is 231 Å². The van der Waals surface area contributed by atoms with Gasteiger partial charge in [-0.2, -0.15) is 9.90 Å². The van der Waals surface area contributed by atoms with Crippen LogP contribution >= 0.6 is 0 Å². The SMILES string of the molecule is CN[C@H](C(=O)O)C(=O)OC[C@@H]1O[C@H](Oc2ccc3c(=O)c(-c4ccc(O)cc4)coc3c2)[C@@H](O[NH+]2CC3=CC=NC3=C2c2cc(C)cc(C)c2)[C@@](O)(CO)[C@H]1O. The summed E-state index contributed by atoms with van der Waals surface area (Å²) in [5, 5.41) is 56.4. The quantitative estimate of drug-likeness (QED) is 0.0780. The minimum absolute atomic E-state index is 0.0364. The smallest absolute Gasteiger partial charge is 0.334 e. The summed E-state index contributed by atoms with van der Waals surface area (Å²) < 4.78 is 23.4. The zero-order valence-electron chi connectivity index (χ0n) is 30.5. The molecule has 16 heteroatoms. The summed E-state index contributed by atoms with van der Waals surface area (Å²) in [6, 6.07) is 14.6. The number of carbonyl (C=O) groups is 2. The maximum absolute atomic E-state index is 13.5. The minimum Gasteiger partial charge on any atom is -0.508 e. The van der Waals surface area contributed by atoms with E-state index >= 15 is 0 Å². The lowest BCUT2D eigenvalue weighted by atomic mass is 9.84. The highest BCUT2D eigenvalue weighted by Gasteiger charge is 2.60. The molecule has 7 atom stereocenters. The number of fused-ring (bicyclic) bond motifs is 2. The average Bonchev–Trinajstić information content (AvgIpc) is 3.75. The number of aliphatic imine (C=N–C) groups is 1. The molecule has 0 spiro atoms. The Bertz CT molecular complexity index is 2320. The number of carboxylic acid groups (broad SMARTS) is 1. The fourth-order valence-electron chi connectivity index (χ4n) is 7.15. The number of aryl methyl sites for hydroxylation is 2. The van der Waals surface area contributed by atoms with Crippen molar-refractivity contribution in [2.24, 2.45) is 4.99 Å². The number of aliphatic carboxylic acids is 1. The van der Waals surface area contributed by atoms with Crippen LogP contribution in [0.3, 0.4) is 0 Å². The molecule has 4 aromatic rings. The van der Waals surface area contributed by atoms with E-state index in [1.165, 1.54) is 43.6 Å². The molecule has 4 heterocycles. The van der Waals surface area contributed by atoms with Crippen LogP contribution in [-0.2, 0) is 23.9 Å². The molecule has 0 amide bonds. The first-order chi connectivity index (χ1) is 26.8. The van der Waals surface area contributed by atoms with E-state index in [1.54, 1.807) is 18.3 Å². The van der Waals surface area contributed by atoms with Crippen molar-refractivity contribution in [2.75, 3.05) is 26.8 Å². The summed E-state index contributed by atoms with van der Waals surface area (Å²) in [6.07, 6.45) is -2.00. The highest BCUT2D eigenvalue weighted by molar-refractivity contribution is 5.98. The third kappa shape index (κ3) is 7.22. The maximum atomic E-state index is 13.5. The Balaban J connectivity index is 1.24. The molecule has 1 unspecified atom stereocenters. The molecule has 3 aromatic carbocycles. The van der Waals surface area contributed by atoms with Crippen LogP contribution in [0.15, 0.2) is 98.5 Å². The second-order valence-corrected chi connectivity index (χ2v) is 13.8. The molecule has 0 aliphatic carbocycles. The minimum atomic E-state index is -2.52. The van der Waals surface area contributed by atoms with Crippen LogP contribution in [0.25, 0.3) is 27.8 Å². The highest BCUT2D eigenvalue weighted by Crippen LogP contribution is 2.36. The molecule has 1 aromatic heterocycles. The first-order valence-corrected chi connectivity index (χ1v) is 17.7. The van der Waals surface area contributed by atoms with Gasteiger partial charge in [-0.05, 0) is 68.9 Å². The number of likely N-dealkylation sites (N-methyl/N-ethyl adjacent to an activating group) is 1. The van der Waals surface area contributed by atoms with Gasteiger partial charge in [-0.15, -0.1) is 0 Å². The number of phenolic OH excluding ortho intramolecular Hbond substituents is 1. The fraction of sp³-hybridized carbons (Fsp3) is 0.300. The largest absolute Gasteiger partial charge is 0.508 e. The second-order valence-electron chi connectivity index (χ2n) is 13.8. The van der Waals surface area contributed by atoms with E-state index in [2.05, 4.69) is 10.3 Å². The van der Waals surface area contributed by atoms with Crippen molar-refractivity contribution in [1.29, 1.82) is 0 Å². The molecule has 1 fully saturated rings. The Labute approximate surface area is 319 Å². The number of esters is 1. The first-order valence-electron chi connectivity index (χ1n) is 17.7. The average molecular weight is 771 g/mol. The summed E-state index contributed by atoms with van der Waals surface area (Å²) >= 11 is 0. The second kappa shape index (κ2) is 15.4. The zero-order chi connectivity index (χ0) is 39.9. The van der Waals surface area contributed by atoms with Gasteiger partial charge in [-0.1, -0.05) is 29.3 Å². The van der Waals surface area contributed by atoms with E-state index in [0.717, 1.165) is 22.3 Å². The predicted molar refractivity (Wildman–Crippen MR) is 198 cm³/mol. The predicted octanol–water partition coefficient (Wildman–Crippen LogP) is 0.765. The summed E-state index contributed by atoms with van der Waals surface area (Å²) in [6.45, 7) is 2.33. The van der Waals surface area contributed by atoms with Crippen LogP contribution in [0.4, 0.5) is 0 Å². The van der Waals surface area contributed by atoms with Gasteiger partial charge in [0.25, 0.3) is 0 Å². The number of aliphatic hydroxyl groups excluding tert-OH is 2. The lowest BCUT2D eigenvalue weighted by Gasteiger charge is -2.47. The normalized spacial score (nSPS) is 24.9. The third-order valence-electron chi connectivity index (χ3n) is 9.93. The van der Waals surface area contributed by atoms with Gasteiger partial charge in [-0.3, -0.25) is 10.1 Å². The van der Waals surface area contributed by atoms with Gasteiger partial charge >= 0.3 is 11.9 Å². The van der Waals surface area contributed by atoms with E-state index in [4.69, 9.17) is 23.5 Å². The van der Waals surface area contributed by atoms with Crippen molar-refractivity contribution in [2.45, 2.75) is 50.1 Å². The Hall–Kier alpha value is -5.72. The number of allylic oxidation sites excluding steroid dienone is 1. The number of ether oxygens (including phenoxy) is 3. The highest BCUT2D eigenvalue weighted by atomic mass is 16.8. The number of aromatic hydroxyl groups is 1. The number of quaternary nitrogens is 1. The number of carboxylic acids is 1. The Morgan fingerprint density at radius 3 is 2.48 bits per heavy atom. The first kappa shape index (κ1) is 38.6. The maximum Gasteiger partial charge on any atom is 0.334 e. The molecule has 3 aliphatic heterocycles. The number of carbonyl (C=O) groups excluding carboxylic acids is 1. The van der Waals surface area contributed by atoms with Gasteiger partial charge in [0.05, 0.1) is 17.6 Å². The zero-order valence-corrected chi connectivity index (χ0v) is 30.5. The lowest BCUT2D eigenvalue weighted by Crippen LogP contribution is -3.09. The van der Waals surface area contributed by atoms with Crippen LogP contribution < -0.4 is 20.5 Å². The number of hydrogen-bond donors (Lipinski definition) is 7. The molecular weight excluding hydrogens is 730 g/mol. The molecular formula is C40H40N3O13+. The van der Waals surface area contributed by atoms with Crippen molar-refractivity contribution < 1.29 is 63.7 Å². The number of phenols is 1. The number of hydrogen-bond acceptors (Lipinski definition) is 14. The Kier molecular flexibility index (Phi) is 10.6. The number of nitrogens with one attached hydrogen (secondary N) is 2. The number of aliphatic hydroxyl groups is 3. The van der Waals surface area contributed by atoms with Crippen LogP contribution in [0.5, 0.6) is 11.5 Å². The van der Waals surface area contributed by atoms with Crippen LogP contribution in [-0.4, -0.2) is 107 Å². The molecule has 0 saturated carbocycles. The monoisotopic (exact) mass is 770 g/mol. The third-order valence-corrected chi connectivity index (χ3v) is 9.93. The van der Waals surface area contributed by atoms with Gasteiger partial charge < -0.3 is 44.2 Å². The lowest BCUT2D eigenvalue weighted by molar-refractivity contribution is -1.04. The molecule has 3 aliphatic rings. The fourth-order valence-corrected chi connectivity index (χ4v) is 7.15. The molecule has 0 radical (unpaired) electrons. The van der Waals surface area contributed by atoms with Crippen molar-refractivity contribution in [3.63, 3.8) is 0 Å². The van der Waals surface area contributed by atoms with Crippen molar-refractivity contribution in [3.8, 4) is 22.6 Å². The molecule has 1 saturated heterocycles. The number of nitrogens with zero attached hydrogens (tertiary/aromatic N) is 1. The van der Waals surface area contributed by atoms with E-state index in [-0.39, 0.29) is 40.0 Å². The van der Waals surface area contributed by atoms with Crippen molar-refractivity contribution in [3.05, 3.63) is 111 Å². The summed E-state index contributed by atoms with van der Waals surface area (Å²) in [5.41, 5.74) is 2.92. The molecule has 292 valence electrons. The van der Waals surface area contributed by atoms with E-state index in [9.17, 15) is 39.9 Å². The van der Waals surface area contributed by atoms with Crippen LogP contribution in [0.1, 0.15) is 16.7 Å². The molecule has 7 rings (SSSR count). The summed E-state index contributed by atoms with van der Waals surface area (Å²) in [4.78, 5) is 48.8. The number of hydroxylamine groups is 2. The Morgan fingerprint density at radius 2 is 1.80 bits per heavy atom. The van der Waals surface area contributed by atoms with Gasteiger partial charge in [0.15, 0.2) is 16.7 Å². The van der Waals surface area contributed by atoms with Crippen LogP contribution in [0.2, 0.25) is 0 Å². The van der Waals surface area contributed by atoms with E-state index in [1.807, 2.05) is 38.1 Å². The standard InChI is InChI=1S/C40H39N3O13/c1-20-12-21(2)14-24(13-20)33-31-23(10-11-42-31)16-43(33)56-36-39(55-30(35(47)40(36,51)19-44)18-53-38(50)32(41-3)37(48)49)54-26-8-9-27-29(15-26)52-17-28(34(27)46)22-4-6-25(45)7-5-22/h4-15,17,30,32,35-36,39,41,44-45,47,51H,16,18-19H2,1-3H3,(H,48,49)/p+1/t30-,32+,35-,36+,39-,40+/m0/s1. The molecule has 7 N–H and O–H groups in total. The van der Waals surface area contributed by atoms with Crippen molar-refractivity contribution >= 4 is 34.8 Å². The van der Waals surface area contributed by atoms with Gasteiger partial charge in [0, 0.05) is 23.4 Å². The molecule has 16 nitrogen and oxygen atoms in total. The van der Waals surface area contributed by atoms with E-state index < -0.39 is 61.4 Å². The number of rotatable bonds is 12.